The van der Waals surface area contributed by atoms with Gasteiger partial charge in [-0.25, -0.2) is 0 Å². The van der Waals surface area contributed by atoms with Crippen molar-refractivity contribution in [1.82, 2.24) is 0 Å². The van der Waals surface area contributed by atoms with E-state index in [0.29, 0.717) is 0 Å². The monoisotopic (exact) mass is 392 g/mol. The lowest BCUT2D eigenvalue weighted by Gasteiger charge is -2.27. The highest BCUT2D eigenvalue weighted by molar-refractivity contribution is 6.02. The van der Waals surface area contributed by atoms with Gasteiger partial charge in [-0.15, -0.1) is 0 Å². The SMILES string of the molecule is COC(=O)C1(C(=O)OC)CC2=CC=C3CC(C(=O)OC)(C(=O)OC)CC3C2C1. The van der Waals surface area contributed by atoms with E-state index in [1.54, 1.807) is 0 Å². The van der Waals surface area contributed by atoms with Crippen molar-refractivity contribution < 1.29 is 38.1 Å². The van der Waals surface area contributed by atoms with Crippen molar-refractivity contribution in [2.75, 3.05) is 28.4 Å². The molecule has 0 saturated heterocycles. The average Bonchev–Trinajstić information content (AvgIpc) is 3.31. The molecule has 2 saturated carbocycles. The molecule has 28 heavy (non-hydrogen) atoms. The predicted octanol–water partition coefficient (Wildman–Crippen LogP) is 1.34. The summed E-state index contributed by atoms with van der Waals surface area (Å²) in [6.45, 7) is 0. The Kier molecular flexibility index (Phi) is 5.08. The normalized spacial score (nSPS) is 26.1. The van der Waals surface area contributed by atoms with Crippen LogP contribution in [0.2, 0.25) is 0 Å². The zero-order chi connectivity index (χ0) is 20.7. The third kappa shape index (κ3) is 2.65. The zero-order valence-electron chi connectivity index (χ0n) is 16.4. The first-order valence-electron chi connectivity index (χ1n) is 9.03. The third-order valence-corrected chi connectivity index (χ3v) is 6.40. The van der Waals surface area contributed by atoms with Crippen molar-refractivity contribution in [2.24, 2.45) is 22.7 Å². The minimum Gasteiger partial charge on any atom is -0.468 e. The Morgan fingerprint density at radius 2 is 0.964 bits per heavy atom. The van der Waals surface area contributed by atoms with Crippen LogP contribution in [0.1, 0.15) is 25.7 Å². The van der Waals surface area contributed by atoms with Crippen molar-refractivity contribution in [3.63, 3.8) is 0 Å². The van der Waals surface area contributed by atoms with Crippen molar-refractivity contribution in [3.05, 3.63) is 23.3 Å². The average molecular weight is 392 g/mol. The third-order valence-electron chi connectivity index (χ3n) is 6.40. The Labute approximate surface area is 162 Å². The van der Waals surface area contributed by atoms with Crippen LogP contribution in [0.15, 0.2) is 23.3 Å². The summed E-state index contributed by atoms with van der Waals surface area (Å²) in [5.74, 6) is -2.89. The lowest BCUT2D eigenvalue weighted by molar-refractivity contribution is -0.171. The van der Waals surface area contributed by atoms with E-state index in [9.17, 15) is 19.2 Å². The molecule has 0 aromatic heterocycles. The van der Waals surface area contributed by atoms with Crippen LogP contribution in [0.25, 0.3) is 0 Å². The molecule has 3 rings (SSSR count). The highest BCUT2D eigenvalue weighted by Crippen LogP contribution is 2.59. The minimum absolute atomic E-state index is 0.172. The van der Waals surface area contributed by atoms with Crippen LogP contribution in [0.3, 0.4) is 0 Å². The van der Waals surface area contributed by atoms with Crippen LogP contribution >= 0.6 is 0 Å². The quantitative estimate of drug-likeness (QED) is 0.401. The maximum Gasteiger partial charge on any atom is 0.323 e. The topological polar surface area (TPSA) is 105 Å². The molecule has 0 aliphatic heterocycles. The molecule has 0 aromatic carbocycles. The lowest BCUT2D eigenvalue weighted by atomic mass is 9.77. The predicted molar refractivity (Wildman–Crippen MR) is 94.5 cm³/mol. The lowest BCUT2D eigenvalue weighted by Crippen LogP contribution is -2.40. The number of esters is 4. The summed E-state index contributed by atoms with van der Waals surface area (Å²) in [5.41, 5.74) is -0.999. The summed E-state index contributed by atoms with van der Waals surface area (Å²) >= 11 is 0. The zero-order valence-corrected chi connectivity index (χ0v) is 16.4. The summed E-state index contributed by atoms with van der Waals surface area (Å²) in [5, 5.41) is 0. The van der Waals surface area contributed by atoms with Crippen LogP contribution in [-0.2, 0) is 38.1 Å². The molecule has 8 heteroatoms. The van der Waals surface area contributed by atoms with Gasteiger partial charge in [0.05, 0.1) is 28.4 Å². The Bertz CT molecular complexity index is 692. The summed E-state index contributed by atoms with van der Waals surface area (Å²) in [6.07, 6.45) is 4.54. The fraction of sp³-hybridized carbons (Fsp3) is 0.600. The molecule has 152 valence electrons. The first kappa shape index (κ1) is 20.1. The number of hydrogen-bond donors (Lipinski definition) is 0. The second kappa shape index (κ2) is 7.07. The molecule has 2 unspecified atom stereocenters. The van der Waals surface area contributed by atoms with Crippen LogP contribution in [0.5, 0.6) is 0 Å². The Morgan fingerprint density at radius 1 is 0.679 bits per heavy atom. The molecule has 0 heterocycles. The van der Waals surface area contributed by atoms with Crippen molar-refractivity contribution >= 4 is 23.9 Å². The highest BCUT2D eigenvalue weighted by atomic mass is 16.6. The molecule has 2 fully saturated rings. The van der Waals surface area contributed by atoms with E-state index in [2.05, 4.69) is 0 Å². The molecule has 0 spiro atoms. The molecule has 2 atom stereocenters. The van der Waals surface area contributed by atoms with Gasteiger partial charge in [0, 0.05) is 0 Å². The van der Waals surface area contributed by atoms with Gasteiger partial charge < -0.3 is 18.9 Å². The van der Waals surface area contributed by atoms with Gasteiger partial charge in [0.1, 0.15) is 0 Å². The molecule has 0 amide bonds. The van der Waals surface area contributed by atoms with E-state index in [-0.39, 0.29) is 37.5 Å². The maximum atomic E-state index is 12.5. The van der Waals surface area contributed by atoms with Gasteiger partial charge in [-0.05, 0) is 37.5 Å². The van der Waals surface area contributed by atoms with Crippen LogP contribution in [0.4, 0.5) is 0 Å². The van der Waals surface area contributed by atoms with E-state index in [1.807, 2.05) is 12.2 Å². The van der Waals surface area contributed by atoms with Gasteiger partial charge in [-0.1, -0.05) is 23.3 Å². The molecule has 3 aliphatic rings. The minimum atomic E-state index is -1.41. The molecule has 8 nitrogen and oxygen atoms in total. The number of carbonyl (C=O) groups is 4. The van der Waals surface area contributed by atoms with Crippen LogP contribution < -0.4 is 0 Å². The van der Waals surface area contributed by atoms with Gasteiger partial charge in [0.25, 0.3) is 0 Å². The van der Waals surface area contributed by atoms with E-state index < -0.39 is 34.7 Å². The van der Waals surface area contributed by atoms with Gasteiger partial charge in [0.2, 0.25) is 0 Å². The molecule has 0 radical (unpaired) electrons. The standard InChI is InChI=1S/C20H24O8/c1-25-15(21)19(16(22)26-2)7-11-5-6-12-8-20(17(23)27-3,18(24)28-4)10-14(12)13(11)9-19/h5-6,13-14H,7-10H2,1-4H3. The summed E-state index contributed by atoms with van der Waals surface area (Å²) < 4.78 is 19.6. The first-order valence-corrected chi connectivity index (χ1v) is 9.03. The second-order valence-electron chi connectivity index (χ2n) is 7.59. The van der Waals surface area contributed by atoms with Crippen molar-refractivity contribution in [1.29, 1.82) is 0 Å². The Morgan fingerprint density at radius 3 is 1.21 bits per heavy atom. The van der Waals surface area contributed by atoms with Crippen molar-refractivity contribution in [2.45, 2.75) is 25.7 Å². The van der Waals surface area contributed by atoms with Gasteiger partial charge in [0.15, 0.2) is 10.8 Å². The van der Waals surface area contributed by atoms with Crippen molar-refractivity contribution in [3.8, 4) is 0 Å². The molecule has 0 aromatic rings. The number of allylic oxidation sites excluding steroid dienone is 4. The molecule has 3 aliphatic carbocycles. The summed E-state index contributed by atoms with van der Waals surface area (Å²) in [4.78, 5) is 50.0. The van der Waals surface area contributed by atoms with Gasteiger partial charge in [-0.3, -0.25) is 19.2 Å². The molecular formula is C20H24O8. The van der Waals surface area contributed by atoms with Gasteiger partial charge in [-0.2, -0.15) is 0 Å². The summed E-state index contributed by atoms with van der Waals surface area (Å²) in [6, 6.07) is 0. The first-order chi connectivity index (χ1) is 13.3. The number of methoxy groups -OCH3 is 4. The fourth-order valence-corrected chi connectivity index (χ4v) is 5.07. The fourth-order valence-electron chi connectivity index (χ4n) is 5.07. The maximum absolute atomic E-state index is 12.5. The number of fused-ring (bicyclic) bond motifs is 3. The van der Waals surface area contributed by atoms with E-state index in [0.717, 1.165) is 11.1 Å². The molecule has 0 bridgehead atoms. The second-order valence-corrected chi connectivity index (χ2v) is 7.59. The number of carbonyl (C=O) groups excluding carboxylic acids is 4. The number of rotatable bonds is 4. The van der Waals surface area contributed by atoms with E-state index in [1.165, 1.54) is 28.4 Å². The molecule has 0 N–H and O–H groups in total. The number of hydrogen-bond acceptors (Lipinski definition) is 8. The Hall–Kier alpha value is -2.64. The number of ether oxygens (including phenoxy) is 4. The molecular weight excluding hydrogens is 368 g/mol. The Balaban J connectivity index is 1.97. The van der Waals surface area contributed by atoms with E-state index >= 15 is 0 Å². The van der Waals surface area contributed by atoms with Crippen LogP contribution in [0, 0.1) is 22.7 Å². The largest absolute Gasteiger partial charge is 0.468 e. The van der Waals surface area contributed by atoms with Gasteiger partial charge >= 0.3 is 23.9 Å². The van der Waals surface area contributed by atoms with E-state index in [4.69, 9.17) is 18.9 Å². The highest BCUT2D eigenvalue weighted by Gasteiger charge is 2.62. The smallest absolute Gasteiger partial charge is 0.323 e. The van der Waals surface area contributed by atoms with Crippen LogP contribution in [-0.4, -0.2) is 52.3 Å². The summed E-state index contributed by atoms with van der Waals surface area (Å²) in [7, 11) is 4.95.